The molecular weight excluding hydrogens is 527 g/mol. The summed E-state index contributed by atoms with van der Waals surface area (Å²) in [5.74, 6) is 2.50. The van der Waals surface area contributed by atoms with Gasteiger partial charge in [0.15, 0.2) is 0 Å². The van der Waals surface area contributed by atoms with Crippen molar-refractivity contribution in [1.29, 1.82) is 0 Å². The summed E-state index contributed by atoms with van der Waals surface area (Å²) >= 11 is 0. The van der Waals surface area contributed by atoms with E-state index in [0.717, 1.165) is 38.5 Å². The minimum Gasteiger partial charge on any atom is -0.302 e. The average Bonchev–Trinajstić information content (AvgIpc) is 2.68. The van der Waals surface area contributed by atoms with Gasteiger partial charge in [-0.25, -0.2) is 4.57 Å². The zero-order valence-electron chi connectivity index (χ0n) is 30.7. The molecule has 1 N–H and O–H groups in total. The van der Waals surface area contributed by atoms with E-state index in [9.17, 15) is 9.46 Å². The Morgan fingerprint density at radius 2 is 0.780 bits per heavy atom. The first-order chi connectivity index (χ1) is 18.2. The molecule has 0 radical (unpaired) electrons. The summed E-state index contributed by atoms with van der Waals surface area (Å²) in [7, 11) is -4.14. The lowest BCUT2D eigenvalue weighted by Gasteiger charge is -2.32. The van der Waals surface area contributed by atoms with Crippen LogP contribution in [0.3, 0.4) is 0 Å². The second kappa shape index (κ2) is 17.0. The molecule has 0 saturated heterocycles. The Morgan fingerprint density at radius 1 is 0.512 bits per heavy atom. The molecular formula is C36H75O4P. The van der Waals surface area contributed by atoms with Crippen molar-refractivity contribution in [3.05, 3.63) is 0 Å². The Kier molecular flexibility index (Phi) is 17.0. The normalized spacial score (nSPS) is 19.7. The maximum absolute atomic E-state index is 13.2. The summed E-state index contributed by atoms with van der Waals surface area (Å²) in [6.07, 6.45) is 8.70. The van der Waals surface area contributed by atoms with Gasteiger partial charge in [-0.1, -0.05) is 124 Å². The van der Waals surface area contributed by atoms with Gasteiger partial charge in [-0.2, -0.15) is 0 Å². The highest BCUT2D eigenvalue weighted by atomic mass is 31.2. The predicted molar refractivity (Wildman–Crippen MR) is 180 cm³/mol. The van der Waals surface area contributed by atoms with E-state index in [0.29, 0.717) is 34.5 Å². The van der Waals surface area contributed by atoms with Crippen LogP contribution in [0.5, 0.6) is 0 Å². The fourth-order valence-corrected chi connectivity index (χ4v) is 7.87. The third-order valence-electron chi connectivity index (χ3n) is 8.36. The lowest BCUT2D eigenvalue weighted by Crippen LogP contribution is -2.25. The zero-order valence-corrected chi connectivity index (χ0v) is 31.5. The van der Waals surface area contributed by atoms with Gasteiger partial charge in [0.25, 0.3) is 0 Å². The lowest BCUT2D eigenvalue weighted by atomic mass is 9.76. The van der Waals surface area contributed by atoms with Crippen LogP contribution in [-0.2, 0) is 13.6 Å². The summed E-state index contributed by atoms with van der Waals surface area (Å²) < 4.78 is 24.7. The van der Waals surface area contributed by atoms with Crippen LogP contribution in [0.2, 0.25) is 0 Å². The van der Waals surface area contributed by atoms with Gasteiger partial charge in [-0.15, -0.1) is 0 Å². The maximum Gasteiger partial charge on any atom is 0.472 e. The monoisotopic (exact) mass is 603 g/mol. The van der Waals surface area contributed by atoms with E-state index >= 15 is 0 Å². The zero-order chi connectivity index (χ0) is 32.4. The van der Waals surface area contributed by atoms with Crippen LogP contribution in [0.1, 0.15) is 162 Å². The van der Waals surface area contributed by atoms with Crippen LogP contribution in [0.15, 0.2) is 0 Å². The number of hydrogen-bond acceptors (Lipinski definition) is 3. The molecule has 0 aliphatic heterocycles. The van der Waals surface area contributed by atoms with Crippen molar-refractivity contribution in [2.45, 2.75) is 162 Å². The van der Waals surface area contributed by atoms with Gasteiger partial charge in [0.1, 0.15) is 0 Å². The van der Waals surface area contributed by atoms with Crippen LogP contribution < -0.4 is 0 Å². The second-order valence-corrected chi connectivity index (χ2v) is 20.4. The van der Waals surface area contributed by atoms with Crippen molar-refractivity contribution in [3.63, 3.8) is 0 Å². The molecule has 6 atom stereocenters. The SMILES string of the molecule is CC(CCC(COP(=O)(O)OCC(CCC(C)CC(C)(C)C)C(C)CC(C)(C)C)C(C)CC(C)(C)C)CC(C)(C)C. The Bertz CT molecular complexity index is 690. The van der Waals surface area contributed by atoms with E-state index in [4.69, 9.17) is 9.05 Å². The van der Waals surface area contributed by atoms with E-state index in [1.807, 2.05) is 0 Å². The molecule has 0 fully saturated rings. The molecule has 0 aliphatic rings. The first kappa shape index (κ1) is 41.1. The highest BCUT2D eigenvalue weighted by Gasteiger charge is 2.31. The average molecular weight is 603 g/mol. The van der Waals surface area contributed by atoms with Crippen LogP contribution >= 0.6 is 7.82 Å². The summed E-state index contributed by atoms with van der Waals surface area (Å²) in [4.78, 5) is 10.8. The Morgan fingerprint density at radius 3 is 1.02 bits per heavy atom. The number of phosphoric acid groups is 1. The standard InChI is InChI=1S/C36H75O4P/c1-27(21-33(5,6)7)17-19-31(29(3)23-35(11,12)13)25-39-41(37,38)40-26-32(30(4)24-36(14,15)16)20-18-28(2)22-34(8,9)10/h27-32H,17-26H2,1-16H3,(H,37,38). The largest absolute Gasteiger partial charge is 0.472 e. The van der Waals surface area contributed by atoms with Gasteiger partial charge in [0, 0.05) is 0 Å². The molecule has 5 heteroatoms. The van der Waals surface area contributed by atoms with E-state index < -0.39 is 7.82 Å². The van der Waals surface area contributed by atoms with E-state index in [-0.39, 0.29) is 35.9 Å². The van der Waals surface area contributed by atoms with Crippen molar-refractivity contribution < 1.29 is 18.5 Å². The molecule has 0 aromatic carbocycles. The topological polar surface area (TPSA) is 55.8 Å². The van der Waals surface area contributed by atoms with Crippen molar-refractivity contribution in [2.24, 2.45) is 57.2 Å². The van der Waals surface area contributed by atoms with E-state index in [1.54, 1.807) is 0 Å². The fraction of sp³-hybridized carbons (Fsp3) is 1.00. The van der Waals surface area contributed by atoms with Gasteiger partial charge < -0.3 is 4.89 Å². The highest BCUT2D eigenvalue weighted by Crippen LogP contribution is 2.47. The Balaban J connectivity index is 5.40. The summed E-state index contributed by atoms with van der Waals surface area (Å²) in [6.45, 7) is 37.2. The highest BCUT2D eigenvalue weighted by molar-refractivity contribution is 7.47. The molecule has 0 aromatic rings. The number of hydrogen-bond donors (Lipinski definition) is 1. The summed E-state index contributed by atoms with van der Waals surface area (Å²) in [5.41, 5.74) is 1.02. The molecule has 4 nitrogen and oxygen atoms in total. The van der Waals surface area contributed by atoms with Gasteiger partial charge in [-0.3, -0.25) is 9.05 Å². The molecule has 248 valence electrons. The van der Waals surface area contributed by atoms with Gasteiger partial charge in [0.05, 0.1) is 13.2 Å². The quantitative estimate of drug-likeness (QED) is 0.159. The summed E-state index contributed by atoms with van der Waals surface area (Å²) in [5, 5.41) is 0. The first-order valence-electron chi connectivity index (χ1n) is 16.8. The predicted octanol–water partition coefficient (Wildman–Crippen LogP) is 12.2. The smallest absolute Gasteiger partial charge is 0.302 e. The Hall–Kier alpha value is 0.110. The molecule has 0 bridgehead atoms. The molecule has 0 aromatic heterocycles. The molecule has 6 unspecified atom stereocenters. The number of phosphoric ester groups is 1. The molecule has 41 heavy (non-hydrogen) atoms. The summed E-state index contributed by atoms with van der Waals surface area (Å²) in [6, 6.07) is 0. The van der Waals surface area contributed by atoms with Crippen LogP contribution in [0.4, 0.5) is 0 Å². The maximum atomic E-state index is 13.2. The molecule has 0 spiro atoms. The van der Waals surface area contributed by atoms with Crippen molar-refractivity contribution in [1.82, 2.24) is 0 Å². The van der Waals surface area contributed by atoms with Crippen molar-refractivity contribution >= 4 is 7.82 Å². The lowest BCUT2D eigenvalue weighted by molar-refractivity contribution is 0.0773. The van der Waals surface area contributed by atoms with Crippen molar-refractivity contribution in [3.8, 4) is 0 Å². The van der Waals surface area contributed by atoms with Gasteiger partial charge in [-0.05, 0) is 95.7 Å². The van der Waals surface area contributed by atoms with E-state index in [2.05, 4.69) is 111 Å². The molecule has 0 aliphatic carbocycles. The van der Waals surface area contributed by atoms with Crippen molar-refractivity contribution in [2.75, 3.05) is 13.2 Å². The Labute approximate surface area is 258 Å². The van der Waals surface area contributed by atoms with Gasteiger partial charge >= 0.3 is 7.82 Å². The third-order valence-corrected chi connectivity index (χ3v) is 9.31. The fourth-order valence-electron chi connectivity index (χ4n) is 7.04. The van der Waals surface area contributed by atoms with Crippen LogP contribution in [-0.4, -0.2) is 18.1 Å². The minimum atomic E-state index is -4.14. The molecule has 0 saturated carbocycles. The minimum absolute atomic E-state index is 0.203. The van der Waals surface area contributed by atoms with Crippen LogP contribution in [0, 0.1) is 57.2 Å². The van der Waals surface area contributed by atoms with Gasteiger partial charge in [0.2, 0.25) is 0 Å². The number of rotatable bonds is 18. The third kappa shape index (κ3) is 23.2. The molecule has 0 rings (SSSR count). The van der Waals surface area contributed by atoms with Crippen LogP contribution in [0.25, 0.3) is 0 Å². The molecule has 0 heterocycles. The second-order valence-electron chi connectivity index (χ2n) is 19.0. The molecule has 0 amide bonds. The first-order valence-corrected chi connectivity index (χ1v) is 18.3. The van der Waals surface area contributed by atoms with E-state index in [1.165, 1.54) is 12.8 Å².